The highest BCUT2D eigenvalue weighted by Gasteiger charge is 2.33. The number of halogens is 4. The summed E-state index contributed by atoms with van der Waals surface area (Å²) >= 11 is 5.67. The maximum atomic E-state index is 13.3. The molecule has 0 bridgehead atoms. The number of nitrogens with one attached hydrogen (secondary N) is 2. The van der Waals surface area contributed by atoms with E-state index < -0.39 is 33.4 Å². The van der Waals surface area contributed by atoms with E-state index >= 15 is 0 Å². The van der Waals surface area contributed by atoms with Crippen LogP contribution in [0.4, 0.5) is 13.2 Å². The number of hydrogen-bond acceptors (Lipinski definition) is 4. The Bertz CT molecular complexity index is 1370. The van der Waals surface area contributed by atoms with Gasteiger partial charge in [-0.25, -0.2) is 8.42 Å². The normalized spacial score (nSPS) is 11.7. The number of alkyl halides is 3. The minimum Gasteiger partial charge on any atom is -0.348 e. The van der Waals surface area contributed by atoms with Crippen LogP contribution in [0, 0.1) is 0 Å². The summed E-state index contributed by atoms with van der Waals surface area (Å²) in [4.78, 5) is 25.3. The van der Waals surface area contributed by atoms with Crippen molar-refractivity contribution in [3.8, 4) is 0 Å². The van der Waals surface area contributed by atoms with Gasteiger partial charge in [-0.05, 0) is 53.6 Å². The van der Waals surface area contributed by atoms with E-state index in [4.69, 9.17) is 11.6 Å². The van der Waals surface area contributed by atoms with Crippen molar-refractivity contribution in [1.29, 1.82) is 0 Å². The smallest absolute Gasteiger partial charge is 0.348 e. The summed E-state index contributed by atoms with van der Waals surface area (Å²) in [5.41, 5.74) is -0.138. The second kappa shape index (κ2) is 11.1. The zero-order valence-corrected chi connectivity index (χ0v) is 20.6. The van der Waals surface area contributed by atoms with Crippen LogP contribution in [0.25, 0.3) is 0 Å². The van der Waals surface area contributed by atoms with Crippen molar-refractivity contribution in [2.24, 2.45) is 0 Å². The van der Waals surface area contributed by atoms with Crippen LogP contribution in [-0.4, -0.2) is 26.0 Å². The van der Waals surface area contributed by atoms with E-state index in [1.54, 1.807) is 19.1 Å². The molecule has 6 nitrogen and oxygen atoms in total. The summed E-state index contributed by atoms with van der Waals surface area (Å²) in [6.07, 6.45) is -4.63. The zero-order chi connectivity index (χ0) is 26.5. The Hall–Kier alpha value is -3.37. The predicted octanol–water partition coefficient (Wildman–Crippen LogP) is 5.01. The Morgan fingerprint density at radius 3 is 2.00 bits per heavy atom. The summed E-state index contributed by atoms with van der Waals surface area (Å²) in [7, 11) is -3.32. The van der Waals surface area contributed by atoms with E-state index in [1.165, 1.54) is 48.5 Å². The molecule has 0 atom stereocenters. The highest BCUT2D eigenvalue weighted by atomic mass is 35.5. The molecule has 0 aromatic heterocycles. The van der Waals surface area contributed by atoms with Gasteiger partial charge in [-0.3, -0.25) is 9.59 Å². The molecular weight excluding hydrogens is 517 g/mol. The number of benzene rings is 3. The average Bonchev–Trinajstić information content (AvgIpc) is 2.86. The Morgan fingerprint density at radius 2 is 1.44 bits per heavy atom. The first-order chi connectivity index (χ1) is 16.9. The van der Waals surface area contributed by atoms with Gasteiger partial charge in [0, 0.05) is 29.2 Å². The molecule has 11 heteroatoms. The first-order valence-electron chi connectivity index (χ1n) is 10.7. The van der Waals surface area contributed by atoms with Gasteiger partial charge >= 0.3 is 6.18 Å². The molecule has 0 saturated heterocycles. The molecule has 0 radical (unpaired) electrons. The van der Waals surface area contributed by atoms with Gasteiger partial charge in [0.2, 0.25) is 0 Å². The molecule has 0 aliphatic carbocycles. The van der Waals surface area contributed by atoms with Crippen LogP contribution in [0.15, 0.2) is 71.6 Å². The fourth-order valence-corrected chi connectivity index (χ4v) is 4.37. The molecule has 190 valence electrons. The second-order valence-electron chi connectivity index (χ2n) is 7.79. The Labute approximate surface area is 211 Å². The Balaban J connectivity index is 1.64. The summed E-state index contributed by atoms with van der Waals surface area (Å²) in [5.74, 6) is -1.15. The number of rotatable bonds is 8. The van der Waals surface area contributed by atoms with Crippen molar-refractivity contribution in [2.45, 2.75) is 31.1 Å². The summed E-state index contributed by atoms with van der Waals surface area (Å²) in [5, 5.41) is 5.04. The second-order valence-corrected chi connectivity index (χ2v) is 10.5. The van der Waals surface area contributed by atoms with Gasteiger partial charge in [-0.15, -0.1) is 0 Å². The van der Waals surface area contributed by atoms with Crippen molar-refractivity contribution in [3.05, 3.63) is 99.6 Å². The van der Waals surface area contributed by atoms with Crippen LogP contribution in [0.2, 0.25) is 5.02 Å². The Kier molecular flexibility index (Phi) is 8.42. The predicted molar refractivity (Wildman–Crippen MR) is 129 cm³/mol. The lowest BCUT2D eigenvalue weighted by atomic mass is 10.1. The lowest BCUT2D eigenvalue weighted by molar-refractivity contribution is -0.138. The van der Waals surface area contributed by atoms with Gasteiger partial charge < -0.3 is 10.6 Å². The lowest BCUT2D eigenvalue weighted by Crippen LogP contribution is -2.26. The highest BCUT2D eigenvalue weighted by Crippen LogP contribution is 2.33. The van der Waals surface area contributed by atoms with Crippen LogP contribution in [0.3, 0.4) is 0 Å². The van der Waals surface area contributed by atoms with Gasteiger partial charge in [0.25, 0.3) is 11.8 Å². The van der Waals surface area contributed by atoms with Gasteiger partial charge in [-0.1, -0.05) is 42.8 Å². The van der Waals surface area contributed by atoms with Crippen LogP contribution in [0.1, 0.15) is 44.3 Å². The standard InChI is InChI=1S/C25H22ClF3N2O4S/c1-2-36(34,35)21-10-6-16(7-11-21)14-30-23(32)17-4-3-5-18(12-17)24(33)31-15-19-8-9-20(26)13-22(19)25(27,28)29/h3-13H,2,14-15H2,1H3,(H,30,32)(H,31,33). The molecule has 0 fully saturated rings. The number of carbonyl (C=O) groups excluding carboxylic acids is 2. The lowest BCUT2D eigenvalue weighted by Gasteiger charge is -2.14. The summed E-state index contributed by atoms with van der Waals surface area (Å²) in [6.45, 7) is 1.29. The number of amides is 2. The largest absolute Gasteiger partial charge is 0.416 e. The molecule has 2 N–H and O–H groups in total. The van der Waals surface area contributed by atoms with E-state index in [2.05, 4.69) is 10.6 Å². The van der Waals surface area contributed by atoms with E-state index in [0.717, 1.165) is 6.07 Å². The van der Waals surface area contributed by atoms with Gasteiger partial charge in [0.05, 0.1) is 16.2 Å². The van der Waals surface area contributed by atoms with Crippen LogP contribution >= 0.6 is 11.6 Å². The molecule has 0 unspecified atom stereocenters. The molecule has 3 rings (SSSR count). The molecule has 2 amide bonds. The van der Waals surface area contributed by atoms with E-state index in [1.807, 2.05) is 0 Å². The SMILES string of the molecule is CCS(=O)(=O)c1ccc(CNC(=O)c2cccc(C(=O)NCc3ccc(Cl)cc3C(F)(F)F)c2)cc1. The van der Waals surface area contributed by atoms with Crippen LogP contribution in [-0.2, 0) is 29.1 Å². The minimum atomic E-state index is -4.63. The third-order valence-electron chi connectivity index (χ3n) is 5.32. The van der Waals surface area contributed by atoms with Crippen molar-refractivity contribution in [1.82, 2.24) is 10.6 Å². The zero-order valence-electron chi connectivity index (χ0n) is 19.0. The molecular formula is C25H22ClF3N2O4S. The van der Waals surface area contributed by atoms with Crippen LogP contribution in [0.5, 0.6) is 0 Å². The molecule has 3 aromatic rings. The molecule has 36 heavy (non-hydrogen) atoms. The summed E-state index contributed by atoms with van der Waals surface area (Å²) < 4.78 is 63.6. The number of carbonyl (C=O) groups is 2. The third-order valence-corrected chi connectivity index (χ3v) is 7.30. The first-order valence-corrected chi connectivity index (χ1v) is 12.8. The maximum absolute atomic E-state index is 13.3. The van der Waals surface area contributed by atoms with Crippen molar-refractivity contribution in [3.63, 3.8) is 0 Å². The van der Waals surface area contributed by atoms with Crippen LogP contribution < -0.4 is 10.6 Å². The Morgan fingerprint density at radius 1 is 0.861 bits per heavy atom. The molecule has 0 spiro atoms. The molecule has 0 aliphatic heterocycles. The van der Waals surface area contributed by atoms with Crippen molar-refractivity contribution < 1.29 is 31.2 Å². The number of sulfone groups is 1. The quantitative estimate of drug-likeness (QED) is 0.421. The van der Waals surface area contributed by atoms with E-state index in [0.29, 0.717) is 5.56 Å². The van der Waals surface area contributed by atoms with E-state index in [-0.39, 0.29) is 45.5 Å². The summed E-state index contributed by atoms with van der Waals surface area (Å²) in [6, 6.07) is 15.2. The molecule has 0 heterocycles. The monoisotopic (exact) mass is 538 g/mol. The first kappa shape index (κ1) is 27.2. The molecule has 3 aromatic carbocycles. The topological polar surface area (TPSA) is 92.3 Å². The van der Waals surface area contributed by atoms with Gasteiger partial charge in [0.15, 0.2) is 9.84 Å². The minimum absolute atomic E-state index is 0.0177. The molecule has 0 saturated carbocycles. The number of hydrogen-bond donors (Lipinski definition) is 2. The molecule has 0 aliphatic rings. The van der Waals surface area contributed by atoms with Crippen molar-refractivity contribution in [2.75, 3.05) is 5.75 Å². The van der Waals surface area contributed by atoms with E-state index in [9.17, 15) is 31.2 Å². The fraction of sp³-hybridized carbons (Fsp3) is 0.200. The fourth-order valence-electron chi connectivity index (χ4n) is 3.31. The average molecular weight is 539 g/mol. The van der Waals surface area contributed by atoms with Crippen molar-refractivity contribution >= 4 is 33.3 Å². The van der Waals surface area contributed by atoms with Gasteiger partial charge in [0.1, 0.15) is 0 Å². The highest BCUT2D eigenvalue weighted by molar-refractivity contribution is 7.91. The third kappa shape index (κ3) is 6.86. The van der Waals surface area contributed by atoms with Gasteiger partial charge in [-0.2, -0.15) is 13.2 Å². The maximum Gasteiger partial charge on any atom is 0.416 e.